The Hall–Kier alpha value is -2.01. The first-order valence-electron chi connectivity index (χ1n) is 10.4. The van der Waals surface area contributed by atoms with E-state index in [2.05, 4.69) is 77.6 Å². The Morgan fingerprint density at radius 3 is 2.59 bits per heavy atom. The summed E-state index contributed by atoms with van der Waals surface area (Å²) in [6.45, 7) is 12.6. The fourth-order valence-corrected chi connectivity index (χ4v) is 3.78. The van der Waals surface area contributed by atoms with Crippen molar-refractivity contribution >= 4 is 11.6 Å². The standard InChI is InChI=1S/C22H35N5/c1-4-23-22(25-20-10-14-26(15-11-20)18(2)3)24-17-19-8-7-9-21(16-19)27-12-5-6-13-27/h5-9,16,18,20H,4,10-15,17H2,1-3H3,(H2,23,24,25). The highest BCUT2D eigenvalue weighted by atomic mass is 15.2. The molecular formula is C22H35N5. The summed E-state index contributed by atoms with van der Waals surface area (Å²) in [5.74, 6) is 0.939. The molecule has 3 rings (SSSR count). The molecule has 2 aliphatic heterocycles. The van der Waals surface area contributed by atoms with Gasteiger partial charge in [-0.2, -0.15) is 0 Å². The highest BCUT2D eigenvalue weighted by Crippen LogP contribution is 2.19. The van der Waals surface area contributed by atoms with Crippen molar-refractivity contribution in [3.63, 3.8) is 0 Å². The van der Waals surface area contributed by atoms with Crippen LogP contribution < -0.4 is 15.5 Å². The predicted octanol–water partition coefficient (Wildman–Crippen LogP) is 2.99. The highest BCUT2D eigenvalue weighted by Gasteiger charge is 2.21. The van der Waals surface area contributed by atoms with Crippen LogP contribution in [0.3, 0.4) is 0 Å². The van der Waals surface area contributed by atoms with Crippen molar-refractivity contribution in [1.82, 2.24) is 15.5 Å². The van der Waals surface area contributed by atoms with Crippen LogP contribution in [0.15, 0.2) is 41.4 Å². The molecule has 0 aromatic heterocycles. The molecule has 1 saturated heterocycles. The summed E-state index contributed by atoms with van der Waals surface area (Å²) in [6, 6.07) is 9.92. The first-order chi connectivity index (χ1) is 13.2. The van der Waals surface area contributed by atoms with Gasteiger partial charge >= 0.3 is 0 Å². The third-order valence-corrected chi connectivity index (χ3v) is 5.46. The third kappa shape index (κ3) is 5.73. The van der Waals surface area contributed by atoms with Crippen LogP contribution in [-0.2, 0) is 6.54 Å². The van der Waals surface area contributed by atoms with Crippen molar-refractivity contribution in [3.8, 4) is 0 Å². The summed E-state index contributed by atoms with van der Waals surface area (Å²) in [7, 11) is 0. The van der Waals surface area contributed by atoms with Gasteiger partial charge in [0.15, 0.2) is 5.96 Å². The molecule has 0 amide bonds. The van der Waals surface area contributed by atoms with Gasteiger partial charge in [0.1, 0.15) is 0 Å². The summed E-state index contributed by atoms with van der Waals surface area (Å²) >= 11 is 0. The summed E-state index contributed by atoms with van der Waals surface area (Å²) in [4.78, 5) is 9.78. The van der Waals surface area contributed by atoms with E-state index in [1.807, 2.05) is 0 Å². The monoisotopic (exact) mass is 369 g/mol. The number of nitrogens with zero attached hydrogens (tertiary/aromatic N) is 3. The molecule has 0 spiro atoms. The van der Waals surface area contributed by atoms with Crippen molar-refractivity contribution in [3.05, 3.63) is 42.0 Å². The van der Waals surface area contributed by atoms with Gasteiger partial charge in [-0.1, -0.05) is 24.3 Å². The second kappa shape index (κ2) is 9.79. The van der Waals surface area contributed by atoms with E-state index in [1.165, 1.54) is 37.2 Å². The van der Waals surface area contributed by atoms with E-state index in [4.69, 9.17) is 4.99 Å². The third-order valence-electron chi connectivity index (χ3n) is 5.46. The SMILES string of the molecule is CCNC(=NCc1cccc(N2CC=CC2)c1)NC1CCN(C(C)C)CC1. The van der Waals surface area contributed by atoms with E-state index in [0.29, 0.717) is 18.6 Å². The molecule has 2 heterocycles. The minimum atomic E-state index is 0.514. The zero-order valence-corrected chi connectivity index (χ0v) is 17.1. The smallest absolute Gasteiger partial charge is 0.191 e. The fourth-order valence-electron chi connectivity index (χ4n) is 3.78. The normalized spacial score (nSPS) is 19.1. The number of rotatable bonds is 6. The highest BCUT2D eigenvalue weighted by molar-refractivity contribution is 5.80. The van der Waals surface area contributed by atoms with Gasteiger partial charge in [-0.3, -0.25) is 0 Å². The molecule has 0 radical (unpaired) electrons. The number of hydrogen-bond donors (Lipinski definition) is 2. The van der Waals surface area contributed by atoms with Crippen molar-refractivity contribution in [2.45, 2.75) is 52.2 Å². The molecule has 5 nitrogen and oxygen atoms in total. The van der Waals surface area contributed by atoms with Gasteiger partial charge in [0.2, 0.25) is 0 Å². The number of benzene rings is 1. The molecule has 0 saturated carbocycles. The lowest BCUT2D eigenvalue weighted by Gasteiger charge is -2.35. The fraction of sp³-hybridized carbons (Fsp3) is 0.591. The quantitative estimate of drug-likeness (QED) is 0.460. The number of nitrogens with one attached hydrogen (secondary N) is 2. The van der Waals surface area contributed by atoms with E-state index in [-0.39, 0.29) is 0 Å². The maximum absolute atomic E-state index is 4.85. The number of piperidine rings is 1. The van der Waals surface area contributed by atoms with Crippen molar-refractivity contribution in [2.75, 3.05) is 37.6 Å². The summed E-state index contributed by atoms with van der Waals surface area (Å²) in [5.41, 5.74) is 2.54. The molecular weight excluding hydrogens is 334 g/mol. The first-order valence-corrected chi connectivity index (χ1v) is 10.4. The molecule has 0 bridgehead atoms. The minimum Gasteiger partial charge on any atom is -0.364 e. The Morgan fingerprint density at radius 1 is 1.19 bits per heavy atom. The summed E-state index contributed by atoms with van der Waals surface area (Å²) in [5, 5.41) is 7.06. The molecule has 5 heteroatoms. The van der Waals surface area contributed by atoms with E-state index in [1.54, 1.807) is 0 Å². The lowest BCUT2D eigenvalue weighted by Crippen LogP contribution is -2.49. The number of likely N-dealkylation sites (tertiary alicyclic amines) is 1. The van der Waals surface area contributed by atoms with Gasteiger partial charge < -0.3 is 20.4 Å². The van der Waals surface area contributed by atoms with Gasteiger partial charge in [-0.25, -0.2) is 4.99 Å². The van der Waals surface area contributed by atoms with Gasteiger partial charge in [-0.15, -0.1) is 0 Å². The first kappa shape index (κ1) is 19.7. The number of anilines is 1. The molecule has 0 atom stereocenters. The Morgan fingerprint density at radius 2 is 1.93 bits per heavy atom. The van der Waals surface area contributed by atoms with Crippen LogP contribution in [-0.4, -0.2) is 55.7 Å². The molecule has 27 heavy (non-hydrogen) atoms. The Bertz CT molecular complexity index is 636. The lowest BCUT2D eigenvalue weighted by molar-refractivity contribution is 0.167. The topological polar surface area (TPSA) is 42.9 Å². The van der Waals surface area contributed by atoms with Crippen LogP contribution in [0.5, 0.6) is 0 Å². The van der Waals surface area contributed by atoms with Crippen molar-refractivity contribution < 1.29 is 0 Å². The van der Waals surface area contributed by atoms with Crippen LogP contribution in [0, 0.1) is 0 Å². The average Bonchev–Trinajstić information content (AvgIpc) is 3.22. The van der Waals surface area contributed by atoms with Crippen molar-refractivity contribution in [1.29, 1.82) is 0 Å². The van der Waals surface area contributed by atoms with E-state index < -0.39 is 0 Å². The lowest BCUT2D eigenvalue weighted by atomic mass is 10.0. The van der Waals surface area contributed by atoms with Crippen molar-refractivity contribution in [2.24, 2.45) is 4.99 Å². The molecule has 0 aliphatic carbocycles. The summed E-state index contributed by atoms with van der Waals surface area (Å²) < 4.78 is 0. The molecule has 2 aliphatic rings. The zero-order valence-electron chi connectivity index (χ0n) is 17.1. The van der Waals surface area contributed by atoms with Crippen LogP contribution >= 0.6 is 0 Å². The number of hydrogen-bond acceptors (Lipinski definition) is 3. The van der Waals surface area contributed by atoms with E-state index >= 15 is 0 Å². The number of aliphatic imine (C=N–C) groups is 1. The van der Waals surface area contributed by atoms with Crippen LogP contribution in [0.4, 0.5) is 5.69 Å². The maximum Gasteiger partial charge on any atom is 0.191 e. The van der Waals surface area contributed by atoms with Crippen LogP contribution in [0.2, 0.25) is 0 Å². The molecule has 0 unspecified atom stereocenters. The van der Waals surface area contributed by atoms with Gasteiger partial charge in [0.25, 0.3) is 0 Å². The molecule has 2 N–H and O–H groups in total. The zero-order chi connectivity index (χ0) is 19.1. The van der Waals surface area contributed by atoms with Gasteiger partial charge in [0.05, 0.1) is 6.54 Å². The molecule has 1 fully saturated rings. The van der Waals surface area contributed by atoms with Crippen LogP contribution in [0.25, 0.3) is 0 Å². The Kier molecular flexibility index (Phi) is 7.16. The van der Waals surface area contributed by atoms with E-state index in [0.717, 1.165) is 25.6 Å². The van der Waals surface area contributed by atoms with E-state index in [9.17, 15) is 0 Å². The Balaban J connectivity index is 1.57. The van der Waals surface area contributed by atoms with Crippen LogP contribution in [0.1, 0.15) is 39.2 Å². The second-order valence-corrected chi connectivity index (χ2v) is 7.79. The second-order valence-electron chi connectivity index (χ2n) is 7.79. The van der Waals surface area contributed by atoms with Gasteiger partial charge in [0, 0.05) is 50.5 Å². The molecule has 148 valence electrons. The average molecular weight is 370 g/mol. The van der Waals surface area contributed by atoms with Gasteiger partial charge in [-0.05, 0) is 51.3 Å². The number of guanidine groups is 1. The Labute approximate surface area is 164 Å². The summed E-state index contributed by atoms with van der Waals surface area (Å²) in [6.07, 6.45) is 6.81. The molecule has 1 aromatic rings. The maximum atomic E-state index is 4.85. The largest absolute Gasteiger partial charge is 0.364 e. The minimum absolute atomic E-state index is 0.514. The molecule has 1 aromatic carbocycles. The predicted molar refractivity (Wildman–Crippen MR) is 115 cm³/mol.